The lowest BCUT2D eigenvalue weighted by Gasteiger charge is -2.05. The maximum atomic E-state index is 11.9. The van der Waals surface area contributed by atoms with Crippen molar-refractivity contribution in [2.24, 2.45) is 0 Å². The van der Waals surface area contributed by atoms with Gasteiger partial charge in [0.15, 0.2) is 0 Å². The lowest BCUT2D eigenvalue weighted by molar-refractivity contribution is 0.0690. The van der Waals surface area contributed by atoms with Gasteiger partial charge in [0, 0.05) is 10.7 Å². The van der Waals surface area contributed by atoms with E-state index in [9.17, 15) is 9.59 Å². The van der Waals surface area contributed by atoms with E-state index in [4.69, 9.17) is 16.7 Å². The zero-order chi connectivity index (χ0) is 13.8. The number of aromatic carboxylic acids is 1. The van der Waals surface area contributed by atoms with Gasteiger partial charge in [-0.3, -0.25) is 4.79 Å². The topological polar surface area (TPSA) is 79.3 Å². The van der Waals surface area contributed by atoms with Gasteiger partial charge < -0.3 is 10.4 Å². The number of carbonyl (C=O) groups is 2. The summed E-state index contributed by atoms with van der Waals surface area (Å²) < 4.78 is 0. The van der Waals surface area contributed by atoms with E-state index in [0.29, 0.717) is 10.7 Å². The highest BCUT2D eigenvalue weighted by molar-refractivity contribution is 6.30. The van der Waals surface area contributed by atoms with Gasteiger partial charge in [0.2, 0.25) is 0 Å². The zero-order valence-corrected chi connectivity index (χ0v) is 10.4. The number of hydrogen-bond donors (Lipinski definition) is 2. The molecule has 96 valence electrons. The molecule has 19 heavy (non-hydrogen) atoms. The average molecular weight is 277 g/mol. The quantitative estimate of drug-likeness (QED) is 0.903. The number of hydrogen-bond acceptors (Lipinski definition) is 3. The van der Waals surface area contributed by atoms with Crippen molar-refractivity contribution < 1.29 is 14.7 Å². The number of aromatic nitrogens is 1. The summed E-state index contributed by atoms with van der Waals surface area (Å²) in [5, 5.41) is 12.0. The molecule has 5 nitrogen and oxygen atoms in total. The summed E-state index contributed by atoms with van der Waals surface area (Å²) >= 11 is 5.73. The third-order valence-electron chi connectivity index (χ3n) is 2.30. The first-order valence-corrected chi connectivity index (χ1v) is 5.71. The van der Waals surface area contributed by atoms with Crippen LogP contribution in [-0.4, -0.2) is 22.0 Å². The molecule has 1 aromatic heterocycles. The van der Waals surface area contributed by atoms with Crippen LogP contribution in [0.25, 0.3) is 0 Å². The molecule has 2 N–H and O–H groups in total. The van der Waals surface area contributed by atoms with Crippen LogP contribution in [0.2, 0.25) is 5.02 Å². The van der Waals surface area contributed by atoms with E-state index in [1.807, 2.05) is 0 Å². The number of nitrogens with zero attached hydrogens (tertiary/aromatic N) is 1. The molecule has 0 saturated heterocycles. The van der Waals surface area contributed by atoms with Crippen LogP contribution in [0.1, 0.15) is 21.0 Å². The third-order valence-corrected chi connectivity index (χ3v) is 2.55. The lowest BCUT2D eigenvalue weighted by Crippen LogP contribution is -2.15. The molecule has 0 fully saturated rings. The van der Waals surface area contributed by atoms with Crippen molar-refractivity contribution >= 4 is 29.2 Å². The summed E-state index contributed by atoms with van der Waals surface area (Å²) in [6.45, 7) is 0. The summed E-state index contributed by atoms with van der Waals surface area (Å²) in [5.74, 6) is -1.66. The molecule has 0 radical (unpaired) electrons. The molecule has 1 aromatic carbocycles. The molecule has 1 heterocycles. The van der Waals surface area contributed by atoms with Crippen molar-refractivity contribution in [2.75, 3.05) is 5.32 Å². The molecule has 0 saturated carbocycles. The van der Waals surface area contributed by atoms with Crippen molar-refractivity contribution in [1.29, 1.82) is 0 Å². The Morgan fingerprint density at radius 3 is 2.32 bits per heavy atom. The molecule has 0 spiro atoms. The first kappa shape index (κ1) is 13.0. The summed E-state index contributed by atoms with van der Waals surface area (Å²) in [6, 6.07) is 10.8. The molecule has 0 atom stereocenters. The highest BCUT2D eigenvalue weighted by atomic mass is 35.5. The van der Waals surface area contributed by atoms with Crippen LogP contribution >= 0.6 is 11.6 Å². The largest absolute Gasteiger partial charge is 0.477 e. The van der Waals surface area contributed by atoms with Gasteiger partial charge in [-0.15, -0.1) is 0 Å². The summed E-state index contributed by atoms with van der Waals surface area (Å²) in [7, 11) is 0. The number of rotatable bonds is 3. The molecule has 6 heteroatoms. The Bertz CT molecular complexity index is 626. The number of carboxylic acid groups (broad SMARTS) is 1. The highest BCUT2D eigenvalue weighted by Crippen LogP contribution is 2.14. The van der Waals surface area contributed by atoms with Gasteiger partial charge in [-0.05, 0) is 36.4 Å². The summed E-state index contributed by atoms with van der Waals surface area (Å²) in [6.07, 6.45) is 0. The SMILES string of the molecule is O=C(O)c1cccc(C(=O)Nc2ccc(Cl)cc2)n1. The molecule has 0 unspecified atom stereocenters. The van der Waals surface area contributed by atoms with E-state index in [0.717, 1.165) is 0 Å². The van der Waals surface area contributed by atoms with Gasteiger partial charge in [0.25, 0.3) is 5.91 Å². The Labute approximate surface area is 113 Å². The van der Waals surface area contributed by atoms with Gasteiger partial charge in [0.05, 0.1) is 0 Å². The number of anilines is 1. The lowest BCUT2D eigenvalue weighted by atomic mass is 10.2. The van der Waals surface area contributed by atoms with Crippen molar-refractivity contribution in [3.63, 3.8) is 0 Å². The fourth-order valence-electron chi connectivity index (χ4n) is 1.41. The van der Waals surface area contributed by atoms with Gasteiger partial charge in [-0.25, -0.2) is 9.78 Å². The third kappa shape index (κ3) is 3.29. The summed E-state index contributed by atoms with van der Waals surface area (Å²) in [4.78, 5) is 26.4. The van der Waals surface area contributed by atoms with Gasteiger partial charge in [-0.2, -0.15) is 0 Å². The first-order chi connectivity index (χ1) is 9.06. The van der Waals surface area contributed by atoms with Gasteiger partial charge in [0.1, 0.15) is 11.4 Å². The smallest absolute Gasteiger partial charge is 0.354 e. The molecular weight excluding hydrogens is 268 g/mol. The van der Waals surface area contributed by atoms with Gasteiger partial charge in [-0.1, -0.05) is 17.7 Å². The molecular formula is C13H9ClN2O3. The molecule has 2 aromatic rings. The fraction of sp³-hybridized carbons (Fsp3) is 0. The second kappa shape index (κ2) is 5.49. The maximum Gasteiger partial charge on any atom is 0.354 e. The zero-order valence-electron chi connectivity index (χ0n) is 9.63. The molecule has 0 bridgehead atoms. The standard InChI is InChI=1S/C13H9ClN2O3/c14-8-4-6-9(7-5-8)15-12(17)10-2-1-3-11(16-10)13(18)19/h1-7H,(H,15,17)(H,18,19). The van der Waals surface area contributed by atoms with E-state index in [-0.39, 0.29) is 11.4 Å². The number of halogens is 1. The Hall–Kier alpha value is -2.40. The van der Waals surface area contributed by atoms with E-state index < -0.39 is 11.9 Å². The van der Waals surface area contributed by atoms with Crippen molar-refractivity contribution in [3.05, 3.63) is 58.9 Å². The Morgan fingerprint density at radius 1 is 1.05 bits per heavy atom. The molecule has 0 aliphatic rings. The van der Waals surface area contributed by atoms with Gasteiger partial charge >= 0.3 is 5.97 Å². The van der Waals surface area contributed by atoms with Crippen LogP contribution in [0.15, 0.2) is 42.5 Å². The van der Waals surface area contributed by atoms with Crippen molar-refractivity contribution in [2.45, 2.75) is 0 Å². The Kier molecular flexibility index (Phi) is 3.77. The molecule has 1 amide bonds. The molecule has 2 rings (SSSR count). The minimum Gasteiger partial charge on any atom is -0.477 e. The van der Waals surface area contributed by atoms with Crippen molar-refractivity contribution in [1.82, 2.24) is 4.98 Å². The second-order valence-corrected chi connectivity index (χ2v) is 4.11. The van der Waals surface area contributed by atoms with Crippen LogP contribution < -0.4 is 5.32 Å². The van der Waals surface area contributed by atoms with Crippen LogP contribution in [0.5, 0.6) is 0 Å². The first-order valence-electron chi connectivity index (χ1n) is 5.33. The number of nitrogens with one attached hydrogen (secondary N) is 1. The monoisotopic (exact) mass is 276 g/mol. The average Bonchev–Trinajstić information content (AvgIpc) is 2.41. The number of pyridine rings is 1. The second-order valence-electron chi connectivity index (χ2n) is 3.67. The predicted molar refractivity (Wildman–Crippen MR) is 70.6 cm³/mol. The number of carbonyl (C=O) groups excluding carboxylic acids is 1. The van der Waals surface area contributed by atoms with E-state index in [1.54, 1.807) is 24.3 Å². The van der Waals surface area contributed by atoms with E-state index in [1.165, 1.54) is 18.2 Å². The molecule has 0 aliphatic heterocycles. The van der Waals surface area contributed by atoms with Crippen molar-refractivity contribution in [3.8, 4) is 0 Å². The van der Waals surface area contributed by atoms with Crippen LogP contribution in [0.4, 0.5) is 5.69 Å². The normalized spacial score (nSPS) is 9.95. The molecule has 0 aliphatic carbocycles. The Balaban J connectivity index is 2.18. The number of amides is 1. The highest BCUT2D eigenvalue weighted by Gasteiger charge is 2.11. The van der Waals surface area contributed by atoms with Crippen LogP contribution in [0.3, 0.4) is 0 Å². The Morgan fingerprint density at radius 2 is 1.68 bits per heavy atom. The predicted octanol–water partition coefficient (Wildman–Crippen LogP) is 2.69. The minimum atomic E-state index is -1.18. The maximum absolute atomic E-state index is 11.9. The van der Waals surface area contributed by atoms with E-state index >= 15 is 0 Å². The fourth-order valence-corrected chi connectivity index (χ4v) is 1.53. The van der Waals surface area contributed by atoms with E-state index in [2.05, 4.69) is 10.3 Å². The number of benzene rings is 1. The van der Waals surface area contributed by atoms with Crippen LogP contribution in [-0.2, 0) is 0 Å². The minimum absolute atomic E-state index is 0.0369. The van der Waals surface area contributed by atoms with Crippen LogP contribution in [0, 0.1) is 0 Å². The summed E-state index contributed by atoms with van der Waals surface area (Å²) in [5.41, 5.74) is 0.413. The number of carboxylic acids is 1.